The number of carbonyl (C=O) groups excluding carboxylic acids is 1. The van der Waals surface area contributed by atoms with Gasteiger partial charge in [-0.25, -0.2) is 0 Å². The smallest absolute Gasteiger partial charge is 0.248 e. The minimum absolute atomic E-state index is 0.0687. The second-order valence-electron chi connectivity index (χ2n) is 9.04. The van der Waals surface area contributed by atoms with Crippen molar-refractivity contribution in [1.29, 1.82) is 5.26 Å². The predicted octanol–water partition coefficient (Wildman–Crippen LogP) is 3.03. The Morgan fingerprint density at radius 1 is 1.38 bits per heavy atom. The van der Waals surface area contributed by atoms with Crippen LogP contribution in [0.25, 0.3) is 0 Å². The zero-order valence-electron chi connectivity index (χ0n) is 17.2. The lowest BCUT2D eigenvalue weighted by Gasteiger charge is -2.44. The van der Waals surface area contributed by atoms with E-state index in [2.05, 4.69) is 43.1 Å². The fraction of sp³-hybridized carbons (Fsp3) is 0.409. The van der Waals surface area contributed by atoms with E-state index in [9.17, 15) is 10.1 Å². The molecule has 0 unspecified atom stereocenters. The highest BCUT2D eigenvalue weighted by Crippen LogP contribution is 2.61. The zero-order valence-corrected chi connectivity index (χ0v) is 17.2. The summed E-state index contributed by atoms with van der Waals surface area (Å²) in [6, 6.07) is 6.36. The third kappa shape index (κ3) is 1.87. The number of aryl methyl sites for hydroxylation is 2. The number of amides is 1. The van der Waals surface area contributed by atoms with E-state index in [4.69, 9.17) is 10.5 Å². The summed E-state index contributed by atoms with van der Waals surface area (Å²) in [6.07, 6.45) is 0.833. The quantitative estimate of drug-likeness (QED) is 0.720. The molecule has 2 aromatic rings. The first-order chi connectivity index (χ1) is 13.6. The average molecular weight is 389 g/mol. The van der Waals surface area contributed by atoms with Crippen molar-refractivity contribution in [2.45, 2.75) is 57.9 Å². The van der Waals surface area contributed by atoms with Crippen LogP contribution in [0.4, 0.5) is 5.69 Å². The number of nitrogens with two attached hydrogens (primary N) is 1. The molecule has 1 amide bonds. The van der Waals surface area contributed by atoms with Crippen LogP contribution >= 0.6 is 0 Å². The van der Waals surface area contributed by atoms with Gasteiger partial charge in [0.25, 0.3) is 0 Å². The van der Waals surface area contributed by atoms with Crippen molar-refractivity contribution in [3.8, 4) is 11.9 Å². The molecule has 29 heavy (non-hydrogen) atoms. The van der Waals surface area contributed by atoms with E-state index in [1.54, 1.807) is 0 Å². The molecule has 0 radical (unpaired) electrons. The van der Waals surface area contributed by atoms with Gasteiger partial charge in [-0.2, -0.15) is 5.26 Å². The van der Waals surface area contributed by atoms with E-state index in [0.29, 0.717) is 11.3 Å². The van der Waals surface area contributed by atoms with Crippen LogP contribution in [0.1, 0.15) is 61.1 Å². The van der Waals surface area contributed by atoms with Gasteiger partial charge >= 0.3 is 0 Å². The van der Waals surface area contributed by atoms with Gasteiger partial charge in [0.1, 0.15) is 17.1 Å². The van der Waals surface area contributed by atoms with Crippen molar-refractivity contribution in [1.82, 2.24) is 10.2 Å². The second-order valence-corrected chi connectivity index (χ2v) is 9.04. The molecule has 3 N–H and O–H groups in total. The molecule has 2 atom stereocenters. The maximum absolute atomic E-state index is 14.3. The molecule has 4 heterocycles. The van der Waals surface area contributed by atoms with Crippen molar-refractivity contribution in [3.05, 3.63) is 51.5 Å². The van der Waals surface area contributed by atoms with Crippen LogP contribution in [0.3, 0.4) is 0 Å². The summed E-state index contributed by atoms with van der Waals surface area (Å²) >= 11 is 0. The van der Waals surface area contributed by atoms with Gasteiger partial charge in [0, 0.05) is 16.8 Å². The maximum atomic E-state index is 14.3. The van der Waals surface area contributed by atoms with Gasteiger partial charge in [0.05, 0.1) is 11.3 Å². The number of nitrogens with one attached hydrogen (secondary N) is 1. The number of ether oxygens (including phenoxy) is 1. The third-order valence-corrected chi connectivity index (χ3v) is 6.61. The summed E-state index contributed by atoms with van der Waals surface area (Å²) in [5.41, 5.74) is 9.70. The van der Waals surface area contributed by atoms with Gasteiger partial charge in [-0.1, -0.05) is 24.6 Å². The first-order valence-electron chi connectivity index (χ1n) is 9.78. The molecule has 0 bridgehead atoms. The third-order valence-electron chi connectivity index (χ3n) is 6.61. The summed E-state index contributed by atoms with van der Waals surface area (Å²) in [7, 11) is 0. The molecule has 0 aliphatic carbocycles. The van der Waals surface area contributed by atoms with Crippen LogP contribution in [0, 0.1) is 25.2 Å². The van der Waals surface area contributed by atoms with Crippen LogP contribution in [0.15, 0.2) is 23.6 Å². The molecule has 1 aromatic heterocycles. The van der Waals surface area contributed by atoms with Crippen molar-refractivity contribution in [2.24, 2.45) is 5.73 Å². The Hall–Kier alpha value is -3.27. The van der Waals surface area contributed by atoms with E-state index in [-0.39, 0.29) is 29.2 Å². The summed E-state index contributed by atoms with van der Waals surface area (Å²) in [6.45, 7) is 10.2. The number of anilines is 1. The van der Waals surface area contributed by atoms with Crippen LogP contribution < -0.4 is 15.4 Å². The molecular weight excluding hydrogens is 366 g/mol. The second kappa shape index (κ2) is 5.20. The standard InChI is InChI=1S/C22H23N5O2/c1-10-6-13-11(2)8-21(4,5)27-17(13)14(7-10)22(20(27)28)15(9-23)18(24)29-19-16(22)12(3)25-26-19/h6-7,11H,8,24H2,1-5H3,(H,25,26)/t11-,22+/m0/s1. The van der Waals surface area contributed by atoms with Crippen LogP contribution in [0.5, 0.6) is 5.88 Å². The highest BCUT2D eigenvalue weighted by Gasteiger charge is 2.64. The molecule has 0 saturated heterocycles. The van der Waals surface area contributed by atoms with E-state index in [1.165, 1.54) is 0 Å². The highest BCUT2D eigenvalue weighted by molar-refractivity contribution is 6.16. The molecule has 0 saturated carbocycles. The zero-order chi connectivity index (χ0) is 20.9. The molecule has 0 fully saturated rings. The SMILES string of the molecule is Cc1cc2c3c(c1)[C@@]1(C(=O)N3C(C)(C)C[C@@H]2C)C(C#N)=C(N)Oc2n[nH]c(C)c21. The largest absolute Gasteiger partial charge is 0.420 e. The Balaban J connectivity index is 2.00. The summed E-state index contributed by atoms with van der Waals surface area (Å²) in [5.74, 6) is 0.313. The number of aromatic amines is 1. The molecule has 3 aliphatic rings. The van der Waals surface area contributed by atoms with E-state index in [0.717, 1.165) is 28.8 Å². The number of rotatable bonds is 0. The van der Waals surface area contributed by atoms with E-state index < -0.39 is 11.0 Å². The van der Waals surface area contributed by atoms with Crippen molar-refractivity contribution in [2.75, 3.05) is 4.90 Å². The Morgan fingerprint density at radius 3 is 2.79 bits per heavy atom. The molecule has 7 heteroatoms. The number of nitrogens with zero attached hydrogens (tertiary/aromatic N) is 3. The normalized spacial score (nSPS) is 26.3. The Bertz CT molecular complexity index is 1180. The highest BCUT2D eigenvalue weighted by atomic mass is 16.5. The van der Waals surface area contributed by atoms with Gasteiger partial charge in [-0.05, 0) is 45.6 Å². The topological polar surface area (TPSA) is 108 Å². The maximum Gasteiger partial charge on any atom is 0.248 e. The number of benzene rings is 1. The summed E-state index contributed by atoms with van der Waals surface area (Å²) < 4.78 is 5.65. The number of hydrogen-bond acceptors (Lipinski definition) is 5. The van der Waals surface area contributed by atoms with E-state index >= 15 is 0 Å². The summed E-state index contributed by atoms with van der Waals surface area (Å²) in [5, 5.41) is 17.3. The van der Waals surface area contributed by atoms with Gasteiger partial charge in [0.2, 0.25) is 17.7 Å². The Labute approximate surface area is 169 Å². The van der Waals surface area contributed by atoms with Crippen LogP contribution in [-0.4, -0.2) is 21.6 Å². The minimum Gasteiger partial charge on any atom is -0.420 e. The predicted molar refractivity (Wildman–Crippen MR) is 107 cm³/mol. The number of carbonyl (C=O) groups is 1. The van der Waals surface area contributed by atoms with Crippen LogP contribution in [0.2, 0.25) is 0 Å². The van der Waals surface area contributed by atoms with Crippen molar-refractivity contribution in [3.63, 3.8) is 0 Å². The molecular formula is C22H23N5O2. The molecule has 5 rings (SSSR count). The van der Waals surface area contributed by atoms with Gasteiger partial charge in [-0.3, -0.25) is 9.89 Å². The number of hydrogen-bond donors (Lipinski definition) is 2. The van der Waals surface area contributed by atoms with Gasteiger partial charge in [-0.15, -0.1) is 5.10 Å². The van der Waals surface area contributed by atoms with Crippen molar-refractivity contribution >= 4 is 11.6 Å². The lowest BCUT2D eigenvalue weighted by Crippen LogP contribution is -2.54. The van der Waals surface area contributed by atoms with E-state index in [1.807, 2.05) is 24.8 Å². The first kappa shape index (κ1) is 17.8. The Kier molecular flexibility index (Phi) is 3.19. The van der Waals surface area contributed by atoms with Gasteiger partial charge in [0.15, 0.2) is 0 Å². The number of nitriles is 1. The van der Waals surface area contributed by atoms with Crippen molar-refractivity contribution < 1.29 is 9.53 Å². The minimum atomic E-state index is -1.35. The fourth-order valence-corrected chi connectivity index (χ4v) is 5.64. The number of fused-ring (bicyclic) bond motifs is 3. The molecule has 3 aliphatic heterocycles. The molecule has 7 nitrogen and oxygen atoms in total. The monoisotopic (exact) mass is 389 g/mol. The molecule has 1 spiro atoms. The number of aromatic nitrogens is 2. The Morgan fingerprint density at radius 2 is 2.10 bits per heavy atom. The number of H-pyrrole nitrogens is 1. The molecule has 148 valence electrons. The fourth-order valence-electron chi connectivity index (χ4n) is 5.64. The average Bonchev–Trinajstić information content (AvgIpc) is 3.11. The summed E-state index contributed by atoms with van der Waals surface area (Å²) in [4.78, 5) is 16.2. The lowest BCUT2D eigenvalue weighted by atomic mass is 9.68. The molecule has 1 aromatic carbocycles. The first-order valence-corrected chi connectivity index (χ1v) is 9.78. The van der Waals surface area contributed by atoms with Crippen LogP contribution in [-0.2, 0) is 10.2 Å². The van der Waals surface area contributed by atoms with Gasteiger partial charge < -0.3 is 15.4 Å². The lowest BCUT2D eigenvalue weighted by molar-refractivity contribution is -0.122.